The summed E-state index contributed by atoms with van der Waals surface area (Å²) in [6.45, 7) is 8.75. The number of nitrogens with one attached hydrogen (secondary N) is 1. The maximum absolute atomic E-state index is 5.57. The Morgan fingerprint density at radius 1 is 1.50 bits per heavy atom. The molecule has 0 saturated heterocycles. The number of nitrogens with two attached hydrogens (primary N) is 1. The molecule has 0 rings (SSSR count). The molecule has 3 N–H and O–H groups in total. The normalized spacial score (nSPS) is 15.9. The van der Waals surface area contributed by atoms with E-state index in [1.165, 1.54) is 0 Å². The molecule has 14 heavy (non-hydrogen) atoms. The minimum Gasteiger partial charge on any atom is -0.386 e. The van der Waals surface area contributed by atoms with Crippen LogP contribution in [0.4, 0.5) is 0 Å². The minimum atomic E-state index is 0.216. The van der Waals surface area contributed by atoms with Gasteiger partial charge < -0.3 is 11.1 Å². The third-order valence-corrected chi connectivity index (χ3v) is 2.20. The highest BCUT2D eigenvalue weighted by molar-refractivity contribution is 5.72. The van der Waals surface area contributed by atoms with Crippen LogP contribution >= 0.6 is 0 Å². The van der Waals surface area contributed by atoms with E-state index in [2.05, 4.69) is 38.0 Å². The summed E-state index contributed by atoms with van der Waals surface area (Å²) < 4.78 is 0. The highest BCUT2D eigenvalue weighted by atomic mass is 15.0. The predicted octanol–water partition coefficient (Wildman–Crippen LogP) is 1.90. The van der Waals surface area contributed by atoms with Crippen LogP contribution < -0.4 is 11.1 Å². The van der Waals surface area contributed by atoms with Crippen LogP contribution in [0, 0.1) is 5.41 Å². The van der Waals surface area contributed by atoms with Gasteiger partial charge in [-0.15, -0.1) is 0 Å². The molecular formula is C11H23N3. The number of rotatable bonds is 4. The van der Waals surface area contributed by atoms with E-state index in [4.69, 9.17) is 5.73 Å². The lowest BCUT2D eigenvalue weighted by Gasteiger charge is -2.25. The fourth-order valence-electron chi connectivity index (χ4n) is 1.25. The Morgan fingerprint density at radius 3 is 2.43 bits per heavy atom. The molecule has 0 aliphatic carbocycles. The number of allylic oxidation sites excluding steroid dienone is 1. The molecule has 0 amide bonds. The lowest BCUT2D eigenvalue weighted by molar-refractivity contribution is 0.316. The molecule has 0 aromatic heterocycles. The maximum Gasteiger partial charge on any atom is 0.0972 e. The minimum absolute atomic E-state index is 0.216. The van der Waals surface area contributed by atoms with Gasteiger partial charge in [0.05, 0.1) is 11.9 Å². The zero-order chi connectivity index (χ0) is 11.2. The molecule has 0 fully saturated rings. The van der Waals surface area contributed by atoms with Crippen LogP contribution in [-0.2, 0) is 0 Å². The average Bonchev–Trinajstić information content (AvgIpc) is 2.09. The van der Waals surface area contributed by atoms with E-state index in [0.29, 0.717) is 11.9 Å². The molecule has 0 aromatic carbocycles. The van der Waals surface area contributed by atoms with Crippen LogP contribution in [-0.4, -0.2) is 19.3 Å². The molecule has 0 aliphatic heterocycles. The van der Waals surface area contributed by atoms with Crippen LogP contribution in [0.2, 0.25) is 0 Å². The molecular weight excluding hydrogens is 174 g/mol. The van der Waals surface area contributed by atoms with Crippen molar-refractivity contribution in [3.63, 3.8) is 0 Å². The number of aliphatic imine (C=N–C) groups is 1. The van der Waals surface area contributed by atoms with Crippen molar-refractivity contribution in [2.24, 2.45) is 16.1 Å². The number of hydrogen-bond donors (Lipinski definition) is 2. The quantitative estimate of drug-likeness (QED) is 0.676. The van der Waals surface area contributed by atoms with Gasteiger partial charge in [-0.1, -0.05) is 27.7 Å². The first-order valence-electron chi connectivity index (χ1n) is 5.08. The van der Waals surface area contributed by atoms with Crippen molar-refractivity contribution in [3.8, 4) is 0 Å². The van der Waals surface area contributed by atoms with Crippen molar-refractivity contribution in [2.75, 3.05) is 7.05 Å². The summed E-state index contributed by atoms with van der Waals surface area (Å²) in [6, 6.07) is 0.350. The van der Waals surface area contributed by atoms with Crippen molar-refractivity contribution in [1.29, 1.82) is 0 Å². The van der Waals surface area contributed by atoms with E-state index in [1.54, 1.807) is 19.3 Å². The zero-order valence-electron chi connectivity index (χ0n) is 9.96. The fraction of sp³-hybridized carbons (Fsp3) is 0.727. The van der Waals surface area contributed by atoms with Crippen molar-refractivity contribution in [3.05, 3.63) is 11.9 Å². The molecule has 82 valence electrons. The molecule has 1 unspecified atom stereocenters. The monoisotopic (exact) mass is 197 g/mol. The molecule has 0 bridgehead atoms. The van der Waals surface area contributed by atoms with Crippen molar-refractivity contribution >= 4 is 6.21 Å². The second-order valence-electron chi connectivity index (χ2n) is 4.46. The topological polar surface area (TPSA) is 50.4 Å². The third kappa shape index (κ3) is 4.90. The summed E-state index contributed by atoms with van der Waals surface area (Å²) in [5.41, 5.74) is 5.78. The van der Waals surface area contributed by atoms with Crippen molar-refractivity contribution in [1.82, 2.24) is 5.32 Å². The molecule has 1 atom stereocenters. The zero-order valence-corrected chi connectivity index (χ0v) is 9.96. The third-order valence-electron chi connectivity index (χ3n) is 2.20. The lowest BCUT2D eigenvalue weighted by Crippen LogP contribution is -2.23. The second kappa shape index (κ2) is 5.68. The molecule has 0 spiro atoms. The van der Waals surface area contributed by atoms with E-state index >= 15 is 0 Å². The van der Waals surface area contributed by atoms with Crippen LogP contribution in [0.3, 0.4) is 0 Å². The first kappa shape index (κ1) is 13.0. The molecule has 0 heterocycles. The first-order chi connectivity index (χ1) is 6.41. The van der Waals surface area contributed by atoms with E-state index in [0.717, 1.165) is 6.42 Å². The molecule has 0 aliphatic rings. The summed E-state index contributed by atoms with van der Waals surface area (Å²) in [5.74, 6) is 0.637. The van der Waals surface area contributed by atoms with Crippen molar-refractivity contribution in [2.45, 2.75) is 40.2 Å². The maximum atomic E-state index is 5.57. The van der Waals surface area contributed by atoms with Gasteiger partial charge in [0.2, 0.25) is 0 Å². The summed E-state index contributed by atoms with van der Waals surface area (Å²) in [6.07, 6.45) is 4.62. The SMILES string of the molecule is CCC(/N=C\C=C(/N)NC)C(C)(C)C. The Morgan fingerprint density at radius 2 is 2.07 bits per heavy atom. The summed E-state index contributed by atoms with van der Waals surface area (Å²) >= 11 is 0. The van der Waals surface area contributed by atoms with E-state index in [-0.39, 0.29) is 5.41 Å². The van der Waals surface area contributed by atoms with Gasteiger partial charge in [-0.25, -0.2) is 0 Å². The average molecular weight is 197 g/mol. The van der Waals surface area contributed by atoms with Crippen LogP contribution in [0.1, 0.15) is 34.1 Å². The smallest absolute Gasteiger partial charge is 0.0972 e. The number of hydrogen-bond acceptors (Lipinski definition) is 3. The van der Waals surface area contributed by atoms with Crippen molar-refractivity contribution < 1.29 is 0 Å². The van der Waals surface area contributed by atoms with Crippen LogP contribution in [0.5, 0.6) is 0 Å². The van der Waals surface area contributed by atoms with Gasteiger partial charge in [0.15, 0.2) is 0 Å². The molecule has 0 radical (unpaired) electrons. The van der Waals surface area contributed by atoms with E-state index < -0.39 is 0 Å². The molecule has 0 aromatic rings. The summed E-state index contributed by atoms with van der Waals surface area (Å²) in [5, 5.41) is 2.84. The van der Waals surface area contributed by atoms with E-state index in [1.807, 2.05) is 0 Å². The Kier molecular flexibility index (Phi) is 5.28. The summed E-state index contributed by atoms with van der Waals surface area (Å²) in [7, 11) is 1.79. The van der Waals surface area contributed by atoms with Gasteiger partial charge in [0, 0.05) is 13.3 Å². The highest BCUT2D eigenvalue weighted by Crippen LogP contribution is 2.24. The van der Waals surface area contributed by atoms with Crippen LogP contribution in [0.25, 0.3) is 0 Å². The van der Waals surface area contributed by atoms with Gasteiger partial charge in [-0.2, -0.15) is 0 Å². The van der Waals surface area contributed by atoms with Gasteiger partial charge in [-0.3, -0.25) is 4.99 Å². The Bertz CT molecular complexity index is 211. The Balaban J connectivity index is 4.33. The van der Waals surface area contributed by atoms with E-state index in [9.17, 15) is 0 Å². The van der Waals surface area contributed by atoms with Crippen LogP contribution in [0.15, 0.2) is 16.9 Å². The molecule has 3 heteroatoms. The first-order valence-corrected chi connectivity index (χ1v) is 5.08. The van der Waals surface area contributed by atoms with Gasteiger partial charge in [0.25, 0.3) is 0 Å². The Labute approximate surface area is 87.5 Å². The predicted molar refractivity (Wildman–Crippen MR) is 63.4 cm³/mol. The number of nitrogens with zero attached hydrogens (tertiary/aromatic N) is 1. The van der Waals surface area contributed by atoms with Gasteiger partial charge in [0.1, 0.15) is 0 Å². The molecule has 0 saturated carbocycles. The molecule has 3 nitrogen and oxygen atoms in total. The lowest BCUT2D eigenvalue weighted by atomic mass is 9.86. The summed E-state index contributed by atoms with van der Waals surface area (Å²) in [4.78, 5) is 4.48. The Hall–Kier alpha value is -0.990. The van der Waals surface area contributed by atoms with Gasteiger partial charge >= 0.3 is 0 Å². The highest BCUT2D eigenvalue weighted by Gasteiger charge is 2.20. The second-order valence-corrected chi connectivity index (χ2v) is 4.46. The standard InChI is InChI=1S/C11H23N3/c1-6-9(11(2,3)4)14-8-7-10(12)13-5/h7-9,13H,6,12H2,1-5H3/b10-7+,14-8-. The largest absolute Gasteiger partial charge is 0.386 e. The van der Waals surface area contributed by atoms with Gasteiger partial charge in [-0.05, 0) is 17.9 Å². The fourth-order valence-corrected chi connectivity index (χ4v) is 1.25.